The largest absolute Gasteiger partial charge is 0.445 e. The molecule has 1 aromatic rings. The molecule has 102 valence electrons. The van der Waals surface area contributed by atoms with E-state index in [1.807, 2.05) is 42.5 Å². The normalized spacial score (nSPS) is 16.4. The number of benzene rings is 1. The second-order valence-corrected chi connectivity index (χ2v) is 4.89. The van der Waals surface area contributed by atoms with E-state index in [-0.39, 0.29) is 6.09 Å². The second kappa shape index (κ2) is 7.62. The zero-order chi connectivity index (χ0) is 13.3. The molecule has 1 aliphatic rings. The maximum absolute atomic E-state index is 11.6. The van der Waals surface area contributed by atoms with Crippen LogP contribution in [0.5, 0.6) is 0 Å². The van der Waals surface area contributed by atoms with Crippen molar-refractivity contribution in [3.8, 4) is 0 Å². The average Bonchev–Trinajstić information content (AvgIpc) is 2.46. The lowest BCUT2D eigenvalue weighted by molar-refractivity contribution is 0.151. The molecule has 0 heterocycles. The van der Waals surface area contributed by atoms with Crippen LogP contribution in [0.1, 0.15) is 37.7 Å². The third-order valence-corrected chi connectivity index (χ3v) is 3.35. The number of hydrogen-bond donors (Lipinski definition) is 1. The summed E-state index contributed by atoms with van der Waals surface area (Å²) in [6.07, 6.45) is 9.36. The summed E-state index contributed by atoms with van der Waals surface area (Å²) in [4.78, 5) is 11.6. The van der Waals surface area contributed by atoms with Crippen LogP contribution in [0.2, 0.25) is 0 Å². The minimum Gasteiger partial charge on any atom is -0.445 e. The van der Waals surface area contributed by atoms with E-state index in [2.05, 4.69) is 5.32 Å². The van der Waals surface area contributed by atoms with E-state index in [0.717, 1.165) is 18.4 Å². The molecule has 1 fully saturated rings. The van der Waals surface area contributed by atoms with Crippen LogP contribution in [0.15, 0.2) is 36.4 Å². The van der Waals surface area contributed by atoms with Gasteiger partial charge in [0.25, 0.3) is 0 Å². The molecule has 1 saturated carbocycles. The molecule has 0 atom stereocenters. The Labute approximate surface area is 114 Å². The lowest BCUT2D eigenvalue weighted by Crippen LogP contribution is -2.36. The highest BCUT2D eigenvalue weighted by atomic mass is 16.5. The monoisotopic (exact) mass is 259 g/mol. The zero-order valence-corrected chi connectivity index (χ0v) is 11.2. The van der Waals surface area contributed by atoms with E-state index < -0.39 is 0 Å². The minimum absolute atomic E-state index is 0.301. The van der Waals surface area contributed by atoms with Crippen LogP contribution in [0.25, 0.3) is 6.08 Å². The minimum atomic E-state index is -0.301. The quantitative estimate of drug-likeness (QED) is 0.894. The van der Waals surface area contributed by atoms with Crippen molar-refractivity contribution in [2.45, 2.75) is 38.1 Å². The van der Waals surface area contributed by atoms with Crippen LogP contribution in [0.4, 0.5) is 4.79 Å². The molecule has 1 aliphatic carbocycles. The molecular formula is C16H21NO2. The highest BCUT2D eigenvalue weighted by Crippen LogP contribution is 2.17. The van der Waals surface area contributed by atoms with Gasteiger partial charge >= 0.3 is 6.09 Å². The third-order valence-electron chi connectivity index (χ3n) is 3.35. The molecule has 1 N–H and O–H groups in total. The number of hydrogen-bond acceptors (Lipinski definition) is 2. The van der Waals surface area contributed by atoms with E-state index in [1.54, 1.807) is 0 Å². The smallest absolute Gasteiger partial charge is 0.407 e. The van der Waals surface area contributed by atoms with Gasteiger partial charge in [0.2, 0.25) is 0 Å². The fourth-order valence-electron chi connectivity index (χ4n) is 2.33. The summed E-state index contributed by atoms with van der Waals surface area (Å²) < 4.78 is 5.13. The van der Waals surface area contributed by atoms with Gasteiger partial charge in [-0.15, -0.1) is 0 Å². The van der Waals surface area contributed by atoms with Crippen molar-refractivity contribution >= 4 is 12.2 Å². The highest BCUT2D eigenvalue weighted by molar-refractivity contribution is 5.67. The summed E-state index contributed by atoms with van der Waals surface area (Å²) >= 11 is 0. The molecule has 0 aliphatic heterocycles. The highest BCUT2D eigenvalue weighted by Gasteiger charge is 2.15. The first-order chi connectivity index (χ1) is 9.34. The van der Waals surface area contributed by atoms with Crippen LogP contribution in [-0.2, 0) is 4.74 Å². The van der Waals surface area contributed by atoms with Crippen molar-refractivity contribution < 1.29 is 9.53 Å². The molecule has 0 saturated heterocycles. The maximum atomic E-state index is 11.6. The lowest BCUT2D eigenvalue weighted by atomic mass is 9.96. The maximum Gasteiger partial charge on any atom is 0.407 e. The summed E-state index contributed by atoms with van der Waals surface area (Å²) in [6, 6.07) is 10.3. The van der Waals surface area contributed by atoms with Gasteiger partial charge in [0, 0.05) is 6.04 Å². The molecule has 0 bridgehead atoms. The number of alkyl carbamates (subject to hydrolysis) is 1. The van der Waals surface area contributed by atoms with E-state index in [4.69, 9.17) is 4.74 Å². The predicted octanol–water partition coefficient (Wildman–Crippen LogP) is 3.76. The van der Waals surface area contributed by atoms with Gasteiger partial charge in [0.1, 0.15) is 6.61 Å². The van der Waals surface area contributed by atoms with Crippen molar-refractivity contribution in [1.29, 1.82) is 0 Å². The summed E-state index contributed by atoms with van der Waals surface area (Å²) in [5, 5.41) is 2.92. The second-order valence-electron chi connectivity index (χ2n) is 4.89. The van der Waals surface area contributed by atoms with E-state index >= 15 is 0 Å². The third kappa shape index (κ3) is 5.16. The van der Waals surface area contributed by atoms with Gasteiger partial charge in [-0.1, -0.05) is 55.7 Å². The van der Waals surface area contributed by atoms with E-state index in [0.29, 0.717) is 12.6 Å². The SMILES string of the molecule is O=C(NC1CCCCC1)OC/C=C\c1ccccc1. The van der Waals surface area contributed by atoms with Crippen LogP contribution in [0, 0.1) is 0 Å². The molecule has 1 amide bonds. The zero-order valence-electron chi connectivity index (χ0n) is 11.2. The van der Waals surface area contributed by atoms with Crippen molar-refractivity contribution in [1.82, 2.24) is 5.32 Å². The first kappa shape index (κ1) is 13.7. The Bertz CT molecular complexity index is 408. The van der Waals surface area contributed by atoms with Crippen molar-refractivity contribution in [3.63, 3.8) is 0 Å². The molecule has 2 rings (SSSR count). The van der Waals surface area contributed by atoms with Gasteiger partial charge in [-0.2, -0.15) is 0 Å². The Morgan fingerprint density at radius 1 is 1.21 bits per heavy atom. The number of carbonyl (C=O) groups excluding carboxylic acids is 1. The molecule has 3 nitrogen and oxygen atoms in total. The van der Waals surface area contributed by atoms with E-state index in [1.165, 1.54) is 19.3 Å². The van der Waals surface area contributed by atoms with Gasteiger partial charge in [-0.3, -0.25) is 0 Å². The Hall–Kier alpha value is -1.77. The summed E-state index contributed by atoms with van der Waals surface area (Å²) in [6.45, 7) is 0.313. The molecule has 0 radical (unpaired) electrons. The Morgan fingerprint density at radius 2 is 1.95 bits per heavy atom. The summed E-state index contributed by atoms with van der Waals surface area (Å²) in [7, 11) is 0. The molecule has 0 unspecified atom stereocenters. The Kier molecular flexibility index (Phi) is 5.48. The van der Waals surface area contributed by atoms with Gasteiger partial charge in [0.05, 0.1) is 0 Å². The number of nitrogens with one attached hydrogen (secondary N) is 1. The van der Waals surface area contributed by atoms with Gasteiger partial charge in [0.15, 0.2) is 0 Å². The van der Waals surface area contributed by atoms with Gasteiger partial charge in [-0.05, 0) is 24.5 Å². The van der Waals surface area contributed by atoms with Crippen molar-refractivity contribution in [2.24, 2.45) is 0 Å². The standard InChI is InChI=1S/C16H21NO2/c18-16(17-15-11-5-2-6-12-15)19-13-7-10-14-8-3-1-4-9-14/h1,3-4,7-10,15H,2,5-6,11-13H2,(H,17,18)/b10-7-. The number of ether oxygens (including phenoxy) is 1. The fraction of sp³-hybridized carbons (Fsp3) is 0.438. The van der Waals surface area contributed by atoms with Gasteiger partial charge < -0.3 is 10.1 Å². The molecular weight excluding hydrogens is 238 g/mol. The molecule has 0 aromatic heterocycles. The lowest BCUT2D eigenvalue weighted by Gasteiger charge is -2.22. The first-order valence-corrected chi connectivity index (χ1v) is 6.99. The number of rotatable bonds is 4. The summed E-state index contributed by atoms with van der Waals surface area (Å²) in [5.74, 6) is 0. The van der Waals surface area contributed by atoms with Crippen molar-refractivity contribution in [3.05, 3.63) is 42.0 Å². The summed E-state index contributed by atoms with van der Waals surface area (Å²) in [5.41, 5.74) is 1.11. The Morgan fingerprint density at radius 3 is 2.68 bits per heavy atom. The predicted molar refractivity (Wildman–Crippen MR) is 76.8 cm³/mol. The molecule has 1 aromatic carbocycles. The number of carbonyl (C=O) groups is 1. The van der Waals surface area contributed by atoms with E-state index in [9.17, 15) is 4.79 Å². The van der Waals surface area contributed by atoms with Crippen LogP contribution in [-0.4, -0.2) is 18.7 Å². The van der Waals surface area contributed by atoms with Crippen LogP contribution >= 0.6 is 0 Å². The molecule has 0 spiro atoms. The molecule has 3 heteroatoms. The first-order valence-electron chi connectivity index (χ1n) is 6.99. The van der Waals surface area contributed by atoms with Crippen LogP contribution < -0.4 is 5.32 Å². The fourth-order valence-corrected chi connectivity index (χ4v) is 2.33. The Balaban J connectivity index is 1.65. The van der Waals surface area contributed by atoms with Gasteiger partial charge in [-0.25, -0.2) is 4.79 Å². The van der Waals surface area contributed by atoms with Crippen LogP contribution in [0.3, 0.4) is 0 Å². The van der Waals surface area contributed by atoms with Crippen molar-refractivity contribution in [2.75, 3.05) is 6.61 Å². The topological polar surface area (TPSA) is 38.3 Å². The average molecular weight is 259 g/mol. The molecule has 19 heavy (non-hydrogen) atoms. The number of amides is 1.